The van der Waals surface area contributed by atoms with E-state index in [9.17, 15) is 9.18 Å². The van der Waals surface area contributed by atoms with Crippen LogP contribution in [0.3, 0.4) is 0 Å². The summed E-state index contributed by atoms with van der Waals surface area (Å²) in [6.07, 6.45) is 1.11. The second kappa shape index (κ2) is 11.7. The van der Waals surface area contributed by atoms with Crippen molar-refractivity contribution in [2.24, 2.45) is 4.99 Å². The maximum atomic E-state index is 13.2. The average Bonchev–Trinajstić information content (AvgIpc) is 2.69. The Morgan fingerprint density at radius 2 is 1.86 bits per heavy atom. The molecule has 0 fully saturated rings. The summed E-state index contributed by atoms with van der Waals surface area (Å²) in [5, 5.41) is 9.33. The largest absolute Gasteiger partial charge is 0.357 e. The first kappa shape index (κ1) is 21.4. The van der Waals surface area contributed by atoms with Gasteiger partial charge in [-0.3, -0.25) is 9.79 Å². The van der Waals surface area contributed by atoms with E-state index in [1.165, 1.54) is 6.07 Å². The summed E-state index contributed by atoms with van der Waals surface area (Å²) in [6, 6.07) is 14.7. The van der Waals surface area contributed by atoms with Gasteiger partial charge in [0, 0.05) is 26.1 Å². The van der Waals surface area contributed by atoms with E-state index in [1.54, 1.807) is 6.07 Å². The number of nitrogens with zero attached hydrogens (tertiary/aromatic N) is 1. The SMILES string of the molecule is CCNC(=NCCC(=O)NCc1ccccc1)NCCc1ccc(F)cc1C. The fraction of sp³-hybridized carbons (Fsp3) is 0.364. The van der Waals surface area contributed by atoms with Gasteiger partial charge in [0.2, 0.25) is 5.91 Å². The van der Waals surface area contributed by atoms with E-state index < -0.39 is 0 Å². The molecule has 28 heavy (non-hydrogen) atoms. The third kappa shape index (κ3) is 7.78. The van der Waals surface area contributed by atoms with Gasteiger partial charge in [0.05, 0.1) is 6.54 Å². The van der Waals surface area contributed by atoms with Crippen LogP contribution in [0.4, 0.5) is 4.39 Å². The molecule has 0 radical (unpaired) electrons. The molecule has 0 aliphatic carbocycles. The van der Waals surface area contributed by atoms with E-state index in [4.69, 9.17) is 0 Å². The summed E-state index contributed by atoms with van der Waals surface area (Å²) in [5.41, 5.74) is 3.12. The van der Waals surface area contributed by atoms with Crippen molar-refractivity contribution in [3.63, 3.8) is 0 Å². The van der Waals surface area contributed by atoms with Crippen LogP contribution in [0, 0.1) is 12.7 Å². The minimum Gasteiger partial charge on any atom is -0.357 e. The van der Waals surface area contributed by atoms with Crippen LogP contribution in [0.2, 0.25) is 0 Å². The van der Waals surface area contributed by atoms with Gasteiger partial charge in [-0.2, -0.15) is 0 Å². The van der Waals surface area contributed by atoms with Crippen LogP contribution in [0.1, 0.15) is 30.0 Å². The maximum Gasteiger partial charge on any atom is 0.222 e. The fourth-order valence-electron chi connectivity index (χ4n) is 2.75. The van der Waals surface area contributed by atoms with Crippen LogP contribution >= 0.6 is 0 Å². The first-order chi connectivity index (χ1) is 13.6. The normalized spacial score (nSPS) is 11.2. The highest BCUT2D eigenvalue weighted by Crippen LogP contribution is 2.10. The number of aryl methyl sites for hydroxylation is 1. The van der Waals surface area contributed by atoms with Crippen molar-refractivity contribution < 1.29 is 9.18 Å². The summed E-state index contributed by atoms with van der Waals surface area (Å²) in [4.78, 5) is 16.4. The highest BCUT2D eigenvalue weighted by Gasteiger charge is 2.04. The van der Waals surface area contributed by atoms with Gasteiger partial charge < -0.3 is 16.0 Å². The summed E-state index contributed by atoms with van der Waals surface area (Å²) < 4.78 is 13.2. The van der Waals surface area contributed by atoms with E-state index in [0.717, 1.165) is 29.7 Å². The molecule has 0 aliphatic rings. The number of amides is 1. The van der Waals surface area contributed by atoms with E-state index in [2.05, 4.69) is 20.9 Å². The van der Waals surface area contributed by atoms with E-state index in [0.29, 0.717) is 32.0 Å². The Morgan fingerprint density at radius 3 is 2.57 bits per heavy atom. The summed E-state index contributed by atoms with van der Waals surface area (Å²) >= 11 is 0. The number of benzene rings is 2. The van der Waals surface area contributed by atoms with Gasteiger partial charge in [-0.05, 0) is 49.1 Å². The second-order valence-corrected chi connectivity index (χ2v) is 6.52. The Morgan fingerprint density at radius 1 is 1.07 bits per heavy atom. The number of rotatable bonds is 9. The molecule has 2 aromatic carbocycles. The molecule has 0 saturated heterocycles. The number of nitrogens with one attached hydrogen (secondary N) is 3. The highest BCUT2D eigenvalue weighted by molar-refractivity contribution is 5.80. The van der Waals surface area contributed by atoms with Crippen LogP contribution in [0.5, 0.6) is 0 Å². The molecule has 0 spiro atoms. The predicted molar refractivity (Wildman–Crippen MR) is 112 cm³/mol. The molecule has 0 aliphatic heterocycles. The van der Waals surface area contributed by atoms with Gasteiger partial charge in [0.25, 0.3) is 0 Å². The molecule has 0 heterocycles. The van der Waals surface area contributed by atoms with Crippen molar-refractivity contribution in [3.05, 3.63) is 71.0 Å². The van der Waals surface area contributed by atoms with Crippen molar-refractivity contribution >= 4 is 11.9 Å². The van der Waals surface area contributed by atoms with Crippen LogP contribution in [-0.4, -0.2) is 31.5 Å². The highest BCUT2D eigenvalue weighted by atomic mass is 19.1. The number of guanidine groups is 1. The molecule has 6 heteroatoms. The van der Waals surface area contributed by atoms with E-state index in [-0.39, 0.29) is 11.7 Å². The zero-order valence-electron chi connectivity index (χ0n) is 16.6. The molecule has 150 valence electrons. The topological polar surface area (TPSA) is 65.5 Å². The number of aliphatic imine (C=N–C) groups is 1. The molecule has 0 aromatic heterocycles. The minimum atomic E-state index is -0.213. The second-order valence-electron chi connectivity index (χ2n) is 6.52. The van der Waals surface area contributed by atoms with Gasteiger partial charge >= 0.3 is 0 Å². The Kier molecular flexibility index (Phi) is 8.98. The standard InChI is InChI=1S/C22H29FN4O/c1-3-24-22(25-13-11-19-9-10-20(23)15-17(19)2)26-14-12-21(28)27-16-18-7-5-4-6-8-18/h4-10,15H,3,11-14,16H2,1-2H3,(H,27,28)(H2,24,25,26). The number of halogens is 1. The minimum absolute atomic E-state index is 0.0228. The van der Waals surface area contributed by atoms with Gasteiger partial charge in [0.15, 0.2) is 5.96 Å². The first-order valence-corrected chi connectivity index (χ1v) is 9.66. The monoisotopic (exact) mass is 384 g/mol. The molecular formula is C22H29FN4O. The van der Waals surface area contributed by atoms with Crippen LogP contribution < -0.4 is 16.0 Å². The van der Waals surface area contributed by atoms with Gasteiger partial charge in [-0.1, -0.05) is 36.4 Å². The zero-order chi connectivity index (χ0) is 20.2. The molecule has 0 unspecified atom stereocenters. The number of hydrogen-bond donors (Lipinski definition) is 3. The quantitative estimate of drug-likeness (QED) is 0.460. The van der Waals surface area contributed by atoms with E-state index in [1.807, 2.05) is 50.2 Å². The third-order valence-electron chi connectivity index (χ3n) is 4.28. The van der Waals surface area contributed by atoms with E-state index >= 15 is 0 Å². The Labute approximate surface area is 166 Å². The molecule has 2 rings (SSSR count). The lowest BCUT2D eigenvalue weighted by molar-refractivity contribution is -0.121. The first-order valence-electron chi connectivity index (χ1n) is 9.66. The molecule has 0 bridgehead atoms. The van der Waals surface area contributed by atoms with Crippen LogP contribution in [0.25, 0.3) is 0 Å². The Bertz CT molecular complexity index is 777. The average molecular weight is 384 g/mol. The summed E-state index contributed by atoms with van der Waals surface area (Å²) in [6.45, 7) is 6.25. The maximum absolute atomic E-state index is 13.2. The smallest absolute Gasteiger partial charge is 0.222 e. The lowest BCUT2D eigenvalue weighted by Crippen LogP contribution is -2.38. The van der Waals surface area contributed by atoms with Crippen molar-refractivity contribution in [1.29, 1.82) is 0 Å². The lowest BCUT2D eigenvalue weighted by Gasteiger charge is -2.12. The van der Waals surface area contributed by atoms with Gasteiger partial charge in [0.1, 0.15) is 5.82 Å². The van der Waals surface area contributed by atoms with Crippen LogP contribution in [0.15, 0.2) is 53.5 Å². The molecule has 0 atom stereocenters. The van der Waals surface area contributed by atoms with Crippen molar-refractivity contribution in [1.82, 2.24) is 16.0 Å². The van der Waals surface area contributed by atoms with Crippen molar-refractivity contribution in [2.45, 2.75) is 33.2 Å². The summed E-state index contributed by atoms with van der Waals surface area (Å²) in [7, 11) is 0. The number of carbonyl (C=O) groups excluding carboxylic acids is 1. The summed E-state index contributed by atoms with van der Waals surface area (Å²) in [5.74, 6) is 0.443. The number of carbonyl (C=O) groups is 1. The van der Waals surface area contributed by atoms with Crippen LogP contribution in [-0.2, 0) is 17.8 Å². The Balaban J connectivity index is 1.74. The van der Waals surface area contributed by atoms with Crippen molar-refractivity contribution in [3.8, 4) is 0 Å². The molecule has 5 nitrogen and oxygen atoms in total. The zero-order valence-corrected chi connectivity index (χ0v) is 16.6. The molecular weight excluding hydrogens is 355 g/mol. The third-order valence-corrected chi connectivity index (χ3v) is 4.28. The molecule has 1 amide bonds. The molecule has 2 aromatic rings. The lowest BCUT2D eigenvalue weighted by atomic mass is 10.1. The van der Waals surface area contributed by atoms with Gasteiger partial charge in [-0.15, -0.1) is 0 Å². The molecule has 3 N–H and O–H groups in total. The number of hydrogen-bond acceptors (Lipinski definition) is 2. The Hall–Kier alpha value is -2.89. The molecule has 0 saturated carbocycles. The predicted octanol–water partition coefficient (Wildman–Crippen LogP) is 2.94. The van der Waals surface area contributed by atoms with Gasteiger partial charge in [-0.25, -0.2) is 4.39 Å². The fourth-order valence-corrected chi connectivity index (χ4v) is 2.75. The van der Waals surface area contributed by atoms with Crippen molar-refractivity contribution in [2.75, 3.05) is 19.6 Å².